The van der Waals surface area contributed by atoms with Gasteiger partial charge in [-0.3, -0.25) is 0 Å². The Balaban J connectivity index is 0.00000267. The molecule has 39 heavy (non-hydrogen) atoms. The van der Waals surface area contributed by atoms with Crippen LogP contribution in [0.1, 0.15) is 0 Å². The Labute approximate surface area is 268 Å². The zero-order chi connectivity index (χ0) is 27.0. The third kappa shape index (κ3) is 7.86. The molecule has 0 aromatic heterocycles. The van der Waals surface area contributed by atoms with Gasteiger partial charge in [-0.05, 0) is 54.6 Å². The summed E-state index contributed by atoms with van der Waals surface area (Å²) in [6, 6.07) is 15.9. The topological polar surface area (TPSA) is 209 Å². The Hall–Kier alpha value is -1.89. The van der Waals surface area contributed by atoms with Crippen molar-refractivity contribution in [2.24, 2.45) is 10.2 Å². The average Bonchev–Trinajstić information content (AvgIpc) is 2.83. The van der Waals surface area contributed by atoms with Crippen molar-refractivity contribution < 1.29 is 97.7 Å². The van der Waals surface area contributed by atoms with E-state index in [1.54, 1.807) is 6.07 Å². The van der Waals surface area contributed by atoms with Crippen LogP contribution in [-0.2, 0) is 30.4 Å². The third-order valence-corrected chi connectivity index (χ3v) is 7.89. The van der Waals surface area contributed by atoms with E-state index in [9.17, 15) is 34.4 Å². The number of hydrogen-bond acceptors (Lipinski definition) is 12. The Morgan fingerprint density at radius 1 is 0.667 bits per heavy atom. The molecular weight excluding hydrogens is 592 g/mol. The molecule has 17 heteroatoms. The quantitative estimate of drug-likeness (QED) is 0.0763. The maximum atomic E-state index is 12.8. The standard InChI is InChI=1S/C22H17N3O9S3.2Na/c23-19-10-11-20(25-24-14-6-8-15(9-7-14)35(26,27)28)18-12-17(36(29,30)31)13-21(22(18)19)34-37(32,33)16-4-2-1-3-5-16;;/h1-13H,23H2,(H,26,27,28)(H,29,30,31);;/q;2*+1/p-2. The smallest absolute Gasteiger partial charge is 0.744 e. The van der Waals surface area contributed by atoms with Gasteiger partial charge >= 0.3 is 69.2 Å². The second-order valence-electron chi connectivity index (χ2n) is 7.47. The van der Waals surface area contributed by atoms with Crippen LogP contribution in [0.15, 0.2) is 104 Å². The summed E-state index contributed by atoms with van der Waals surface area (Å²) < 4.78 is 99.6. The van der Waals surface area contributed by atoms with Gasteiger partial charge in [0.25, 0.3) is 0 Å². The van der Waals surface area contributed by atoms with Crippen LogP contribution in [0.2, 0.25) is 0 Å². The van der Waals surface area contributed by atoms with Gasteiger partial charge in [0.05, 0.1) is 26.6 Å². The summed E-state index contributed by atoms with van der Waals surface area (Å²) in [5, 5.41) is 7.82. The molecule has 0 amide bonds. The van der Waals surface area contributed by atoms with Gasteiger partial charge in [0.2, 0.25) is 0 Å². The van der Waals surface area contributed by atoms with Crippen LogP contribution < -0.4 is 69.0 Å². The molecule has 0 aliphatic rings. The SMILES string of the molecule is Nc1ccc(N=Nc2ccc(S(=O)(=O)[O-])cc2)c2cc(S(=O)(=O)[O-])cc(OS(=O)(=O)c3ccccc3)c12.[Na+].[Na+]. The van der Waals surface area contributed by atoms with Gasteiger partial charge in [-0.15, -0.1) is 5.11 Å². The molecule has 4 aromatic carbocycles. The first-order chi connectivity index (χ1) is 17.3. The number of rotatable bonds is 7. The maximum absolute atomic E-state index is 12.8. The van der Waals surface area contributed by atoms with Gasteiger partial charge in [-0.2, -0.15) is 13.5 Å². The molecule has 12 nitrogen and oxygen atoms in total. The Bertz CT molecular complexity index is 1870. The zero-order valence-corrected chi connectivity index (χ0v) is 26.8. The van der Waals surface area contributed by atoms with Gasteiger partial charge < -0.3 is 19.0 Å². The molecule has 0 saturated carbocycles. The summed E-state index contributed by atoms with van der Waals surface area (Å²) in [4.78, 5) is -1.50. The number of anilines is 1. The van der Waals surface area contributed by atoms with Crippen molar-refractivity contribution in [3.63, 3.8) is 0 Å². The molecule has 4 rings (SSSR count). The average molecular weight is 608 g/mol. The minimum absolute atomic E-state index is 0. The summed E-state index contributed by atoms with van der Waals surface area (Å²) >= 11 is 0. The number of fused-ring (bicyclic) bond motifs is 1. The van der Waals surface area contributed by atoms with E-state index in [0.717, 1.165) is 24.3 Å². The molecule has 0 spiro atoms. The summed E-state index contributed by atoms with van der Waals surface area (Å²) in [5.41, 5.74) is 6.15. The number of azo groups is 1. The Morgan fingerprint density at radius 2 is 1.26 bits per heavy atom. The summed E-state index contributed by atoms with van der Waals surface area (Å²) in [5.74, 6) is -0.518. The second kappa shape index (κ2) is 12.7. The first kappa shape index (κ1) is 33.3. The predicted molar refractivity (Wildman–Crippen MR) is 129 cm³/mol. The van der Waals surface area contributed by atoms with Crippen LogP contribution in [-0.4, -0.2) is 34.4 Å². The van der Waals surface area contributed by atoms with E-state index < -0.39 is 45.9 Å². The fourth-order valence-electron chi connectivity index (χ4n) is 3.27. The maximum Gasteiger partial charge on any atom is 1.00 e. The fraction of sp³-hybridized carbons (Fsp3) is 0. The molecule has 192 valence electrons. The van der Waals surface area contributed by atoms with Gasteiger partial charge in [-0.1, -0.05) is 18.2 Å². The van der Waals surface area contributed by atoms with Crippen molar-refractivity contribution in [1.29, 1.82) is 0 Å². The molecule has 4 aromatic rings. The van der Waals surface area contributed by atoms with E-state index >= 15 is 0 Å². The van der Waals surface area contributed by atoms with E-state index in [1.165, 1.54) is 48.5 Å². The normalized spacial score (nSPS) is 12.1. The van der Waals surface area contributed by atoms with Crippen LogP contribution in [0.25, 0.3) is 10.8 Å². The van der Waals surface area contributed by atoms with Crippen LogP contribution in [0.4, 0.5) is 17.1 Å². The first-order valence-corrected chi connectivity index (χ1v) is 14.3. The molecule has 0 radical (unpaired) electrons. The minimum atomic E-state index is -5.08. The van der Waals surface area contributed by atoms with Crippen LogP contribution in [0.3, 0.4) is 0 Å². The predicted octanol–water partition coefficient (Wildman–Crippen LogP) is -2.58. The van der Waals surface area contributed by atoms with Gasteiger partial charge in [-0.25, -0.2) is 16.8 Å². The van der Waals surface area contributed by atoms with E-state index in [4.69, 9.17) is 9.92 Å². The zero-order valence-electron chi connectivity index (χ0n) is 20.4. The Kier molecular flexibility index (Phi) is 10.9. The fourth-order valence-corrected chi connectivity index (χ4v) is 5.21. The van der Waals surface area contributed by atoms with Gasteiger partial charge in [0, 0.05) is 17.1 Å². The number of hydrogen-bond donors (Lipinski definition) is 1. The number of nitrogen functional groups attached to an aromatic ring is 1. The molecule has 2 N–H and O–H groups in total. The molecule has 0 bridgehead atoms. The monoisotopic (exact) mass is 607 g/mol. The van der Waals surface area contributed by atoms with Crippen LogP contribution >= 0.6 is 0 Å². The van der Waals surface area contributed by atoms with Gasteiger partial charge in [0.15, 0.2) is 5.75 Å². The largest absolute Gasteiger partial charge is 1.00 e. The Morgan fingerprint density at radius 3 is 1.82 bits per heavy atom. The molecule has 0 unspecified atom stereocenters. The van der Waals surface area contributed by atoms with Gasteiger partial charge in [0.1, 0.15) is 25.1 Å². The minimum Gasteiger partial charge on any atom is -0.744 e. The van der Waals surface area contributed by atoms with E-state index in [0.29, 0.717) is 0 Å². The summed E-state index contributed by atoms with van der Waals surface area (Å²) in [6.45, 7) is 0. The van der Waals surface area contributed by atoms with Crippen molar-refractivity contribution in [1.82, 2.24) is 0 Å². The van der Waals surface area contributed by atoms with E-state index in [-0.39, 0.29) is 91.8 Å². The number of nitrogens with two attached hydrogens (primary N) is 1. The molecule has 0 aliphatic heterocycles. The molecular formula is C22H15N3Na2O9S3. The molecule has 0 atom stereocenters. The van der Waals surface area contributed by atoms with Crippen molar-refractivity contribution in [2.45, 2.75) is 14.7 Å². The van der Waals surface area contributed by atoms with Crippen LogP contribution in [0.5, 0.6) is 5.75 Å². The second-order valence-corrected chi connectivity index (χ2v) is 11.8. The van der Waals surface area contributed by atoms with E-state index in [2.05, 4.69) is 10.2 Å². The van der Waals surface area contributed by atoms with Crippen LogP contribution in [0, 0.1) is 0 Å². The van der Waals surface area contributed by atoms with Crippen molar-refractivity contribution >= 4 is 58.2 Å². The summed E-state index contributed by atoms with van der Waals surface area (Å²) in [7, 11) is -14.2. The molecule has 0 saturated heterocycles. The molecule has 0 fully saturated rings. The van der Waals surface area contributed by atoms with Crippen molar-refractivity contribution in [3.8, 4) is 5.75 Å². The molecule has 0 aliphatic carbocycles. The summed E-state index contributed by atoms with van der Waals surface area (Å²) in [6.07, 6.45) is 0. The third-order valence-electron chi connectivity index (χ3n) is 4.98. The number of benzene rings is 4. The first-order valence-electron chi connectivity index (χ1n) is 10.0. The van der Waals surface area contributed by atoms with Crippen molar-refractivity contribution in [3.05, 3.63) is 78.9 Å². The number of nitrogens with zero attached hydrogens (tertiary/aromatic N) is 2. The molecule has 0 heterocycles. The van der Waals surface area contributed by atoms with Crippen molar-refractivity contribution in [2.75, 3.05) is 5.73 Å². The van der Waals surface area contributed by atoms with E-state index in [1.807, 2.05) is 0 Å².